The van der Waals surface area contributed by atoms with Crippen LogP contribution in [0.3, 0.4) is 0 Å². The topological polar surface area (TPSA) is 60.7 Å². The van der Waals surface area contributed by atoms with Gasteiger partial charge in [-0.1, -0.05) is 36.8 Å². The fourth-order valence-electron chi connectivity index (χ4n) is 2.12. The Bertz CT molecular complexity index is 792. The lowest BCUT2D eigenvalue weighted by atomic mass is 10.1. The quantitative estimate of drug-likeness (QED) is 0.773. The summed E-state index contributed by atoms with van der Waals surface area (Å²) in [4.78, 5) is 28.5. The Morgan fingerprint density at radius 2 is 2.13 bits per heavy atom. The third-order valence-electron chi connectivity index (χ3n) is 3.04. The molecule has 23 heavy (non-hydrogen) atoms. The van der Waals surface area contributed by atoms with E-state index < -0.39 is 0 Å². The van der Waals surface area contributed by atoms with Crippen molar-refractivity contribution in [3.05, 3.63) is 28.0 Å². The second kappa shape index (κ2) is 7.75. The summed E-state index contributed by atoms with van der Waals surface area (Å²) >= 11 is 7.36. The number of carbonyl (C=O) groups is 2. The summed E-state index contributed by atoms with van der Waals surface area (Å²) < 4.78 is 7.58. The van der Waals surface area contributed by atoms with Crippen LogP contribution in [0.5, 0.6) is 0 Å². The zero-order chi connectivity index (χ0) is 17.0. The van der Waals surface area contributed by atoms with E-state index in [2.05, 4.69) is 4.99 Å². The van der Waals surface area contributed by atoms with E-state index in [1.165, 1.54) is 11.3 Å². The van der Waals surface area contributed by atoms with E-state index in [-0.39, 0.29) is 24.3 Å². The first-order chi connectivity index (χ1) is 10.9. The van der Waals surface area contributed by atoms with Crippen LogP contribution in [0.4, 0.5) is 0 Å². The highest BCUT2D eigenvalue weighted by atomic mass is 35.5. The Balaban J connectivity index is 2.51. The molecule has 0 unspecified atom stereocenters. The molecule has 0 aliphatic rings. The van der Waals surface area contributed by atoms with Gasteiger partial charge in [-0.3, -0.25) is 9.59 Å². The van der Waals surface area contributed by atoms with Crippen LogP contribution in [0.15, 0.2) is 23.2 Å². The maximum Gasteiger partial charge on any atom is 0.326 e. The van der Waals surface area contributed by atoms with Crippen molar-refractivity contribution < 1.29 is 14.3 Å². The van der Waals surface area contributed by atoms with Gasteiger partial charge in [-0.05, 0) is 31.0 Å². The van der Waals surface area contributed by atoms with Gasteiger partial charge in [0.1, 0.15) is 6.54 Å². The fraction of sp³-hybridized carbons (Fsp3) is 0.438. The fourth-order valence-corrected chi connectivity index (χ4v) is 3.45. The molecule has 5 nitrogen and oxygen atoms in total. The molecule has 1 aromatic carbocycles. The number of hydrogen-bond acceptors (Lipinski definition) is 4. The maximum atomic E-state index is 12.0. The van der Waals surface area contributed by atoms with E-state index >= 15 is 0 Å². The average molecular weight is 355 g/mol. The lowest BCUT2D eigenvalue weighted by Crippen LogP contribution is -2.23. The number of thiazole rings is 1. The van der Waals surface area contributed by atoms with Crippen LogP contribution in [0, 0.1) is 5.92 Å². The van der Waals surface area contributed by atoms with Gasteiger partial charge in [-0.2, -0.15) is 4.99 Å². The molecule has 0 fully saturated rings. The van der Waals surface area contributed by atoms with Crippen molar-refractivity contribution in [2.75, 3.05) is 6.61 Å². The number of nitrogens with zero attached hydrogens (tertiary/aromatic N) is 2. The summed E-state index contributed by atoms with van der Waals surface area (Å²) in [6.07, 6.45) is 0.369. The molecule has 124 valence electrons. The zero-order valence-corrected chi connectivity index (χ0v) is 14.9. The molecule has 0 spiro atoms. The van der Waals surface area contributed by atoms with E-state index in [1.54, 1.807) is 23.6 Å². The van der Waals surface area contributed by atoms with E-state index in [1.807, 2.05) is 19.9 Å². The zero-order valence-electron chi connectivity index (χ0n) is 13.3. The van der Waals surface area contributed by atoms with Gasteiger partial charge in [0, 0.05) is 11.4 Å². The second-order valence-corrected chi connectivity index (χ2v) is 6.94. The van der Waals surface area contributed by atoms with Crippen LogP contribution in [0.25, 0.3) is 10.2 Å². The number of hydrogen-bond donors (Lipinski definition) is 0. The predicted octanol–water partition coefficient (Wildman–Crippen LogP) is 3.39. The maximum absolute atomic E-state index is 12.0. The van der Waals surface area contributed by atoms with Crippen molar-refractivity contribution >= 4 is 45.0 Å². The molecular weight excluding hydrogens is 336 g/mol. The first kappa shape index (κ1) is 17.7. The van der Waals surface area contributed by atoms with Gasteiger partial charge in [0.05, 0.1) is 16.8 Å². The minimum Gasteiger partial charge on any atom is -0.465 e. The number of rotatable bonds is 5. The molecule has 0 bridgehead atoms. The first-order valence-corrected chi connectivity index (χ1v) is 8.62. The Labute approximate surface area is 143 Å². The summed E-state index contributed by atoms with van der Waals surface area (Å²) in [6.45, 7) is 6.01. The number of esters is 1. The van der Waals surface area contributed by atoms with E-state index in [9.17, 15) is 9.59 Å². The minimum atomic E-state index is -0.361. The Morgan fingerprint density at radius 1 is 1.39 bits per heavy atom. The molecular formula is C16H19ClN2O3S. The molecule has 1 amide bonds. The third kappa shape index (κ3) is 4.65. The number of aromatic nitrogens is 1. The van der Waals surface area contributed by atoms with Crippen LogP contribution in [-0.4, -0.2) is 23.1 Å². The molecule has 0 N–H and O–H groups in total. The summed E-state index contributed by atoms with van der Waals surface area (Å²) in [7, 11) is 0. The van der Waals surface area contributed by atoms with E-state index in [0.717, 1.165) is 10.2 Å². The molecule has 0 radical (unpaired) electrons. The molecule has 0 aliphatic carbocycles. The van der Waals surface area contributed by atoms with Gasteiger partial charge >= 0.3 is 5.97 Å². The van der Waals surface area contributed by atoms with E-state index in [0.29, 0.717) is 22.9 Å². The summed E-state index contributed by atoms with van der Waals surface area (Å²) in [6, 6.07) is 5.37. The molecule has 1 heterocycles. The third-order valence-corrected chi connectivity index (χ3v) is 4.32. The lowest BCUT2D eigenvalue weighted by molar-refractivity contribution is -0.143. The number of halogens is 1. The standard InChI is InChI=1S/C16H19ClN2O3S/c1-4-22-15(21)9-19-12-6-5-11(17)8-13(12)23-16(19)18-14(20)7-10(2)3/h5-6,8,10H,4,7,9H2,1-3H3. The summed E-state index contributed by atoms with van der Waals surface area (Å²) in [5.41, 5.74) is 0.809. The van der Waals surface area contributed by atoms with Gasteiger partial charge in [0.2, 0.25) is 5.91 Å². The van der Waals surface area contributed by atoms with Gasteiger partial charge in [0.25, 0.3) is 0 Å². The van der Waals surface area contributed by atoms with Crippen molar-refractivity contribution in [2.45, 2.75) is 33.7 Å². The lowest BCUT2D eigenvalue weighted by Gasteiger charge is -2.05. The number of fused-ring (bicyclic) bond motifs is 1. The van der Waals surface area contributed by atoms with Gasteiger partial charge in [-0.25, -0.2) is 0 Å². The highest BCUT2D eigenvalue weighted by Crippen LogP contribution is 2.22. The van der Waals surface area contributed by atoms with Gasteiger partial charge in [0.15, 0.2) is 4.80 Å². The van der Waals surface area contributed by atoms with Crippen molar-refractivity contribution in [1.82, 2.24) is 4.57 Å². The highest BCUT2D eigenvalue weighted by Gasteiger charge is 2.13. The van der Waals surface area contributed by atoms with Crippen molar-refractivity contribution in [2.24, 2.45) is 10.9 Å². The number of ether oxygens (including phenoxy) is 1. The molecule has 1 aromatic heterocycles. The SMILES string of the molecule is CCOC(=O)Cn1c(=NC(=O)CC(C)C)sc2cc(Cl)ccc21. The molecule has 0 atom stereocenters. The van der Waals surface area contributed by atoms with Crippen molar-refractivity contribution in [1.29, 1.82) is 0 Å². The van der Waals surface area contributed by atoms with Crippen molar-refractivity contribution in [3.63, 3.8) is 0 Å². The summed E-state index contributed by atoms with van der Waals surface area (Å²) in [5.74, 6) is -0.330. The molecule has 7 heteroatoms. The van der Waals surface area contributed by atoms with Crippen LogP contribution in [0.1, 0.15) is 27.2 Å². The summed E-state index contributed by atoms with van der Waals surface area (Å²) in [5, 5.41) is 0.599. The van der Waals surface area contributed by atoms with E-state index in [4.69, 9.17) is 16.3 Å². The molecule has 0 aliphatic heterocycles. The average Bonchev–Trinajstić information content (AvgIpc) is 2.74. The van der Waals surface area contributed by atoms with Gasteiger partial charge in [-0.15, -0.1) is 0 Å². The molecule has 2 aromatic rings. The molecule has 0 saturated heterocycles. The Hall–Kier alpha value is -1.66. The minimum absolute atomic E-state index is 0.0171. The number of carbonyl (C=O) groups excluding carboxylic acids is 2. The molecule has 0 saturated carbocycles. The second-order valence-electron chi connectivity index (χ2n) is 5.49. The highest BCUT2D eigenvalue weighted by molar-refractivity contribution is 7.16. The number of amides is 1. The van der Waals surface area contributed by atoms with Crippen LogP contribution >= 0.6 is 22.9 Å². The molecule has 2 rings (SSSR count). The van der Waals surface area contributed by atoms with Crippen molar-refractivity contribution in [3.8, 4) is 0 Å². The van der Waals surface area contributed by atoms with Crippen LogP contribution in [0.2, 0.25) is 5.02 Å². The predicted molar refractivity (Wildman–Crippen MR) is 91.5 cm³/mol. The Morgan fingerprint density at radius 3 is 2.78 bits per heavy atom. The largest absolute Gasteiger partial charge is 0.465 e. The Kier molecular flexibility index (Phi) is 5.96. The normalized spacial score (nSPS) is 12.1. The van der Waals surface area contributed by atoms with Gasteiger partial charge < -0.3 is 9.30 Å². The monoisotopic (exact) mass is 354 g/mol. The first-order valence-electron chi connectivity index (χ1n) is 7.42. The smallest absolute Gasteiger partial charge is 0.326 e. The van der Waals surface area contributed by atoms with Crippen LogP contribution in [-0.2, 0) is 20.9 Å². The van der Waals surface area contributed by atoms with Crippen LogP contribution < -0.4 is 4.80 Å². The number of benzene rings is 1.